The van der Waals surface area contributed by atoms with Gasteiger partial charge in [0.15, 0.2) is 0 Å². The number of unbranched alkanes of at least 4 members (excludes halogenated alkanes) is 1. The van der Waals surface area contributed by atoms with Crippen LogP contribution in [0, 0.1) is 0 Å². The number of nitrogens with zero attached hydrogens (tertiary/aromatic N) is 3. The van der Waals surface area contributed by atoms with Crippen molar-refractivity contribution in [1.29, 1.82) is 0 Å². The quantitative estimate of drug-likeness (QED) is 0.263. The minimum absolute atomic E-state index is 0.463. The van der Waals surface area contributed by atoms with E-state index in [1.807, 2.05) is 42.5 Å². The Morgan fingerprint density at radius 2 is 1.76 bits per heavy atom. The van der Waals surface area contributed by atoms with Crippen LogP contribution in [0.3, 0.4) is 0 Å². The van der Waals surface area contributed by atoms with Crippen molar-refractivity contribution in [3.05, 3.63) is 77.3 Å². The third kappa shape index (κ3) is 6.63. The molecular weight excluding hydrogens is 484 g/mol. The first-order chi connectivity index (χ1) is 18.2. The SMILES string of the molecule is CCCCn1c(-c2cccc(OCc3cccc(Cl)c3)c2)nc2ccc(OCCN3CCNCC3)cc21. The molecule has 1 aliphatic rings. The lowest BCUT2D eigenvalue weighted by molar-refractivity contribution is 0.191. The summed E-state index contributed by atoms with van der Waals surface area (Å²) < 4.78 is 14.6. The molecule has 0 spiro atoms. The third-order valence-electron chi connectivity index (χ3n) is 6.73. The van der Waals surface area contributed by atoms with Crippen LogP contribution in [-0.4, -0.2) is 53.8 Å². The van der Waals surface area contributed by atoms with Gasteiger partial charge in [0.1, 0.15) is 30.5 Å². The zero-order valence-corrected chi connectivity index (χ0v) is 22.2. The number of hydrogen-bond acceptors (Lipinski definition) is 5. The number of piperazine rings is 1. The van der Waals surface area contributed by atoms with Crippen LogP contribution in [0.2, 0.25) is 5.02 Å². The van der Waals surface area contributed by atoms with Gasteiger partial charge < -0.3 is 19.4 Å². The molecule has 1 saturated heterocycles. The average Bonchev–Trinajstić information content (AvgIpc) is 3.29. The number of aromatic nitrogens is 2. The van der Waals surface area contributed by atoms with Crippen molar-refractivity contribution < 1.29 is 9.47 Å². The van der Waals surface area contributed by atoms with Crippen molar-refractivity contribution in [2.24, 2.45) is 0 Å². The summed E-state index contributed by atoms with van der Waals surface area (Å²) in [5.74, 6) is 2.66. The molecule has 3 aromatic carbocycles. The van der Waals surface area contributed by atoms with Gasteiger partial charge in [-0.3, -0.25) is 4.90 Å². The maximum atomic E-state index is 6.16. The number of aryl methyl sites for hydroxylation is 1. The van der Waals surface area contributed by atoms with E-state index in [2.05, 4.69) is 46.0 Å². The second kappa shape index (κ2) is 12.5. The molecule has 0 saturated carbocycles. The zero-order chi connectivity index (χ0) is 25.5. The highest BCUT2D eigenvalue weighted by Crippen LogP contribution is 2.30. The van der Waals surface area contributed by atoms with Crippen LogP contribution in [0.25, 0.3) is 22.4 Å². The summed E-state index contributed by atoms with van der Waals surface area (Å²) in [4.78, 5) is 7.47. The highest BCUT2D eigenvalue weighted by molar-refractivity contribution is 6.30. The maximum Gasteiger partial charge on any atom is 0.141 e. The van der Waals surface area contributed by atoms with Crippen molar-refractivity contribution in [2.75, 3.05) is 39.3 Å². The van der Waals surface area contributed by atoms with Gasteiger partial charge in [0.25, 0.3) is 0 Å². The number of halogens is 1. The number of rotatable bonds is 11. The van der Waals surface area contributed by atoms with Gasteiger partial charge in [-0.15, -0.1) is 0 Å². The first kappa shape index (κ1) is 25.6. The van der Waals surface area contributed by atoms with Gasteiger partial charge >= 0.3 is 0 Å². The predicted molar refractivity (Wildman–Crippen MR) is 151 cm³/mol. The van der Waals surface area contributed by atoms with Gasteiger partial charge in [0.2, 0.25) is 0 Å². The maximum absolute atomic E-state index is 6.16. The standard InChI is InChI=1S/C30H35ClN4O2/c1-2-3-14-35-29-21-27(36-18-17-34-15-12-32-13-16-34)10-11-28(29)33-30(35)24-7-5-9-26(20-24)37-22-23-6-4-8-25(31)19-23/h4-11,19-21,32H,2-3,12-18,22H2,1H3. The number of nitrogens with one attached hydrogen (secondary N) is 1. The fraction of sp³-hybridized carbons (Fsp3) is 0.367. The van der Waals surface area contributed by atoms with Gasteiger partial charge in [-0.25, -0.2) is 4.98 Å². The van der Waals surface area contributed by atoms with Crippen molar-refractivity contribution in [3.8, 4) is 22.9 Å². The van der Waals surface area contributed by atoms with Gasteiger partial charge in [-0.1, -0.05) is 49.2 Å². The molecule has 6 nitrogen and oxygen atoms in total. The lowest BCUT2D eigenvalue weighted by Crippen LogP contribution is -2.44. The number of imidazole rings is 1. The summed E-state index contributed by atoms with van der Waals surface area (Å²) in [6.07, 6.45) is 2.19. The van der Waals surface area contributed by atoms with E-state index >= 15 is 0 Å². The van der Waals surface area contributed by atoms with Crippen LogP contribution in [0.1, 0.15) is 25.3 Å². The summed E-state index contributed by atoms with van der Waals surface area (Å²) in [6.45, 7) is 9.49. The summed E-state index contributed by atoms with van der Waals surface area (Å²) in [6, 6.07) is 22.2. The summed E-state index contributed by atoms with van der Waals surface area (Å²) in [7, 11) is 0. The first-order valence-electron chi connectivity index (χ1n) is 13.2. The number of ether oxygens (including phenoxy) is 2. The molecule has 0 radical (unpaired) electrons. The Morgan fingerprint density at radius 3 is 2.59 bits per heavy atom. The molecular formula is C30H35ClN4O2. The molecule has 37 heavy (non-hydrogen) atoms. The first-order valence-corrected chi connectivity index (χ1v) is 13.6. The molecule has 7 heteroatoms. The number of fused-ring (bicyclic) bond motifs is 1. The van der Waals surface area contributed by atoms with Crippen molar-refractivity contribution >= 4 is 22.6 Å². The van der Waals surface area contributed by atoms with E-state index in [1.54, 1.807) is 0 Å². The van der Waals surface area contributed by atoms with E-state index in [4.69, 9.17) is 26.1 Å². The van der Waals surface area contributed by atoms with Gasteiger partial charge in [0.05, 0.1) is 11.0 Å². The molecule has 1 aromatic heterocycles. The van der Waals surface area contributed by atoms with E-state index < -0.39 is 0 Å². The van der Waals surface area contributed by atoms with Crippen LogP contribution in [0.15, 0.2) is 66.7 Å². The van der Waals surface area contributed by atoms with Gasteiger partial charge in [0, 0.05) is 55.9 Å². The molecule has 0 unspecified atom stereocenters. The number of hydrogen-bond donors (Lipinski definition) is 1. The molecule has 2 heterocycles. The lowest BCUT2D eigenvalue weighted by Gasteiger charge is -2.26. The molecule has 5 rings (SSSR count). The topological polar surface area (TPSA) is 51.6 Å². The molecule has 1 N–H and O–H groups in total. The average molecular weight is 519 g/mol. The summed E-state index contributed by atoms with van der Waals surface area (Å²) >= 11 is 6.12. The molecule has 4 aromatic rings. The van der Waals surface area contributed by atoms with E-state index in [1.165, 1.54) is 0 Å². The summed E-state index contributed by atoms with van der Waals surface area (Å²) in [5, 5.41) is 4.11. The zero-order valence-electron chi connectivity index (χ0n) is 21.5. The normalized spacial score (nSPS) is 14.2. The second-order valence-electron chi connectivity index (χ2n) is 9.48. The second-order valence-corrected chi connectivity index (χ2v) is 9.91. The Kier molecular flexibility index (Phi) is 8.61. The Labute approximate surface area is 224 Å². The summed E-state index contributed by atoms with van der Waals surface area (Å²) in [5.41, 5.74) is 4.16. The van der Waals surface area contributed by atoms with Crippen molar-refractivity contribution in [1.82, 2.24) is 19.8 Å². The fourth-order valence-corrected chi connectivity index (χ4v) is 4.91. The van der Waals surface area contributed by atoms with Crippen LogP contribution >= 0.6 is 11.6 Å². The van der Waals surface area contributed by atoms with Crippen LogP contribution in [-0.2, 0) is 13.2 Å². The van der Waals surface area contributed by atoms with Crippen LogP contribution in [0.4, 0.5) is 0 Å². The Balaban J connectivity index is 1.35. The molecule has 0 atom stereocenters. The Morgan fingerprint density at radius 1 is 0.919 bits per heavy atom. The van der Waals surface area contributed by atoms with Gasteiger partial charge in [-0.05, 0) is 48.4 Å². The molecule has 0 aliphatic carbocycles. The minimum atomic E-state index is 0.463. The molecule has 1 aliphatic heterocycles. The van der Waals surface area contributed by atoms with E-state index in [-0.39, 0.29) is 0 Å². The van der Waals surface area contributed by atoms with Crippen LogP contribution < -0.4 is 14.8 Å². The highest BCUT2D eigenvalue weighted by Gasteiger charge is 2.15. The largest absolute Gasteiger partial charge is 0.492 e. The van der Waals surface area contributed by atoms with Crippen molar-refractivity contribution in [2.45, 2.75) is 32.9 Å². The van der Waals surface area contributed by atoms with E-state index in [0.29, 0.717) is 18.2 Å². The monoisotopic (exact) mass is 518 g/mol. The minimum Gasteiger partial charge on any atom is -0.492 e. The molecule has 1 fully saturated rings. The molecule has 0 amide bonds. The predicted octanol–water partition coefficient (Wildman–Crippen LogP) is 6.02. The van der Waals surface area contributed by atoms with Gasteiger partial charge in [-0.2, -0.15) is 0 Å². The smallest absolute Gasteiger partial charge is 0.141 e. The highest BCUT2D eigenvalue weighted by atomic mass is 35.5. The van der Waals surface area contributed by atoms with Crippen LogP contribution in [0.5, 0.6) is 11.5 Å². The molecule has 194 valence electrons. The van der Waals surface area contributed by atoms with E-state index in [9.17, 15) is 0 Å². The Hall–Kier alpha value is -3.06. The lowest BCUT2D eigenvalue weighted by atomic mass is 10.2. The van der Waals surface area contributed by atoms with E-state index in [0.717, 1.165) is 91.6 Å². The Bertz CT molecular complexity index is 1320. The number of benzene rings is 3. The third-order valence-corrected chi connectivity index (χ3v) is 6.96. The molecule has 0 bridgehead atoms. The fourth-order valence-electron chi connectivity index (χ4n) is 4.70. The van der Waals surface area contributed by atoms with Crippen molar-refractivity contribution in [3.63, 3.8) is 0 Å².